The molecule has 3 nitrogen and oxygen atoms in total. The molecule has 1 saturated heterocycles. The average molecular weight is 407 g/mol. The van der Waals surface area contributed by atoms with Gasteiger partial charge in [-0.25, -0.2) is 4.39 Å². The Balaban J connectivity index is 1.86. The molecule has 1 heterocycles. The van der Waals surface area contributed by atoms with Crippen molar-refractivity contribution in [2.75, 3.05) is 0 Å². The first-order valence-corrected chi connectivity index (χ1v) is 9.01. The lowest BCUT2D eigenvalue weighted by atomic mass is 9.78. The van der Waals surface area contributed by atoms with E-state index in [1.54, 1.807) is 6.07 Å². The van der Waals surface area contributed by atoms with E-state index in [0.29, 0.717) is 22.3 Å². The lowest BCUT2D eigenvalue weighted by Gasteiger charge is -2.32. The van der Waals surface area contributed by atoms with Crippen LogP contribution in [0.3, 0.4) is 0 Å². The minimum Gasteiger partial charge on any atom is -0.488 e. The summed E-state index contributed by atoms with van der Waals surface area (Å²) in [6, 6.07) is 12.8. The molecule has 3 rings (SSSR count). The van der Waals surface area contributed by atoms with Crippen LogP contribution in [-0.2, 0) is 15.9 Å². The molecular weight excluding hydrogens is 386 g/mol. The number of hydrogen-bond acceptors (Lipinski definition) is 3. The van der Waals surface area contributed by atoms with Crippen LogP contribution in [0.5, 0.6) is 5.75 Å². The fourth-order valence-electron chi connectivity index (χ4n) is 2.57. The molecule has 2 aromatic carbocycles. The lowest BCUT2D eigenvalue weighted by Crippen LogP contribution is -2.41. The zero-order valence-corrected chi connectivity index (χ0v) is 16.4. The monoisotopic (exact) mass is 406 g/mol. The van der Waals surface area contributed by atoms with Crippen molar-refractivity contribution in [3.8, 4) is 5.75 Å². The molecule has 1 aliphatic rings. The third kappa shape index (κ3) is 3.61. The highest BCUT2D eigenvalue weighted by molar-refractivity contribution is 9.10. The number of halogens is 2. The van der Waals surface area contributed by atoms with E-state index in [1.807, 2.05) is 58.0 Å². The lowest BCUT2D eigenvalue weighted by molar-refractivity contribution is 0.00578. The Labute approximate surface area is 156 Å². The van der Waals surface area contributed by atoms with Crippen LogP contribution in [0.15, 0.2) is 46.9 Å². The van der Waals surface area contributed by atoms with E-state index in [9.17, 15) is 4.39 Å². The normalized spacial score (nSPS) is 18.4. The third-order valence-corrected chi connectivity index (χ3v) is 5.64. The number of benzene rings is 2. The van der Waals surface area contributed by atoms with Crippen LogP contribution in [0.4, 0.5) is 4.39 Å². The Morgan fingerprint density at radius 2 is 1.60 bits per heavy atom. The highest BCUT2D eigenvalue weighted by Crippen LogP contribution is 2.38. The van der Waals surface area contributed by atoms with Crippen molar-refractivity contribution in [3.05, 3.63) is 58.3 Å². The summed E-state index contributed by atoms with van der Waals surface area (Å²) in [4.78, 5) is 0. The van der Waals surface area contributed by atoms with E-state index in [2.05, 4.69) is 15.9 Å². The van der Waals surface area contributed by atoms with Crippen LogP contribution in [-0.4, -0.2) is 18.3 Å². The van der Waals surface area contributed by atoms with Gasteiger partial charge in [0.1, 0.15) is 18.2 Å². The highest BCUT2D eigenvalue weighted by atomic mass is 79.9. The Morgan fingerprint density at radius 3 is 2.20 bits per heavy atom. The van der Waals surface area contributed by atoms with Gasteiger partial charge in [0, 0.05) is 5.46 Å². The van der Waals surface area contributed by atoms with Crippen LogP contribution in [0.25, 0.3) is 0 Å². The fraction of sp³-hybridized carbons (Fsp3) is 0.368. The van der Waals surface area contributed by atoms with Gasteiger partial charge in [0.05, 0.1) is 15.7 Å². The summed E-state index contributed by atoms with van der Waals surface area (Å²) in [5.74, 6) is 0.160. The fourth-order valence-corrected chi connectivity index (χ4v) is 3.20. The van der Waals surface area contributed by atoms with Crippen LogP contribution in [0.2, 0.25) is 0 Å². The second-order valence-corrected chi connectivity index (χ2v) is 7.93. The number of ether oxygens (including phenoxy) is 1. The smallest absolute Gasteiger partial charge is 0.488 e. The van der Waals surface area contributed by atoms with Gasteiger partial charge >= 0.3 is 7.12 Å². The molecule has 0 atom stereocenters. The largest absolute Gasteiger partial charge is 0.499 e. The Morgan fingerprint density at radius 1 is 1.00 bits per heavy atom. The standard InChI is InChI=1S/C19H21BBrFO3/c1-18(2)19(3,4)25-20(24-18)16-14(22)10-11-15(17(16)21)23-12-13-8-6-5-7-9-13/h5-11H,12H2,1-4H3. The summed E-state index contributed by atoms with van der Waals surface area (Å²) in [7, 11) is -0.792. The zero-order valence-electron chi connectivity index (χ0n) is 14.8. The minimum absolute atomic E-state index is 0.323. The minimum atomic E-state index is -0.792. The van der Waals surface area contributed by atoms with E-state index in [0.717, 1.165) is 5.56 Å². The quantitative estimate of drug-likeness (QED) is 0.701. The second kappa shape index (κ2) is 6.74. The van der Waals surface area contributed by atoms with Gasteiger partial charge in [0.2, 0.25) is 0 Å². The van der Waals surface area contributed by atoms with Crippen molar-refractivity contribution in [2.24, 2.45) is 0 Å². The average Bonchev–Trinajstić information content (AvgIpc) is 2.75. The molecule has 25 heavy (non-hydrogen) atoms. The maximum atomic E-state index is 14.5. The Kier molecular flexibility index (Phi) is 4.97. The van der Waals surface area contributed by atoms with Crippen molar-refractivity contribution in [1.29, 1.82) is 0 Å². The molecule has 0 unspecified atom stereocenters. The summed E-state index contributed by atoms with van der Waals surface area (Å²) in [5.41, 5.74) is 0.287. The van der Waals surface area contributed by atoms with Gasteiger partial charge in [-0.2, -0.15) is 0 Å². The van der Waals surface area contributed by atoms with E-state index in [-0.39, 0.29) is 0 Å². The molecule has 0 N–H and O–H groups in total. The maximum absolute atomic E-state index is 14.5. The van der Waals surface area contributed by atoms with Gasteiger partial charge in [-0.05, 0) is 61.3 Å². The van der Waals surface area contributed by atoms with Crippen molar-refractivity contribution >= 4 is 28.5 Å². The van der Waals surface area contributed by atoms with E-state index in [4.69, 9.17) is 14.0 Å². The molecule has 0 aromatic heterocycles. The second-order valence-electron chi connectivity index (χ2n) is 7.14. The van der Waals surface area contributed by atoms with Crippen LogP contribution in [0, 0.1) is 5.82 Å². The van der Waals surface area contributed by atoms with Gasteiger partial charge in [0.15, 0.2) is 0 Å². The molecule has 0 radical (unpaired) electrons. The summed E-state index contributed by atoms with van der Waals surface area (Å²) < 4.78 is 32.8. The molecule has 0 spiro atoms. The number of rotatable bonds is 4. The van der Waals surface area contributed by atoms with E-state index in [1.165, 1.54) is 6.07 Å². The first kappa shape index (κ1) is 18.4. The van der Waals surface area contributed by atoms with Crippen molar-refractivity contribution in [3.63, 3.8) is 0 Å². The number of hydrogen-bond donors (Lipinski definition) is 0. The molecule has 0 bridgehead atoms. The predicted octanol–water partition coefficient (Wildman–Crippen LogP) is 4.47. The van der Waals surface area contributed by atoms with Crippen molar-refractivity contribution in [1.82, 2.24) is 0 Å². The third-order valence-electron chi connectivity index (χ3n) is 4.82. The van der Waals surface area contributed by atoms with Gasteiger partial charge in [-0.3, -0.25) is 0 Å². The summed E-state index contributed by atoms with van der Waals surface area (Å²) in [5, 5.41) is 0. The van der Waals surface area contributed by atoms with E-state index >= 15 is 0 Å². The van der Waals surface area contributed by atoms with Crippen molar-refractivity contribution < 1.29 is 18.4 Å². The van der Waals surface area contributed by atoms with Crippen LogP contribution in [0.1, 0.15) is 33.3 Å². The van der Waals surface area contributed by atoms with Gasteiger partial charge in [-0.15, -0.1) is 0 Å². The predicted molar refractivity (Wildman–Crippen MR) is 101 cm³/mol. The summed E-state index contributed by atoms with van der Waals surface area (Å²) >= 11 is 3.47. The molecule has 0 amide bonds. The van der Waals surface area contributed by atoms with Gasteiger partial charge in [0.25, 0.3) is 0 Å². The molecular formula is C19H21BBrFO3. The Hall–Kier alpha value is -1.37. The maximum Gasteiger partial charge on any atom is 0.499 e. The van der Waals surface area contributed by atoms with E-state index < -0.39 is 24.1 Å². The van der Waals surface area contributed by atoms with Gasteiger partial charge < -0.3 is 14.0 Å². The summed E-state index contributed by atoms with van der Waals surface area (Å²) in [6.45, 7) is 8.15. The molecule has 0 aliphatic carbocycles. The first-order chi connectivity index (χ1) is 11.7. The molecule has 0 saturated carbocycles. The summed E-state index contributed by atoms with van der Waals surface area (Å²) in [6.07, 6.45) is 0. The highest BCUT2D eigenvalue weighted by Gasteiger charge is 2.53. The topological polar surface area (TPSA) is 27.7 Å². The molecule has 1 aliphatic heterocycles. The SMILES string of the molecule is CC1(C)OB(c2c(F)ccc(OCc3ccccc3)c2Br)OC1(C)C. The molecule has 2 aromatic rings. The van der Waals surface area contributed by atoms with Crippen LogP contribution >= 0.6 is 15.9 Å². The molecule has 132 valence electrons. The van der Waals surface area contributed by atoms with Crippen molar-refractivity contribution in [2.45, 2.75) is 45.5 Å². The Bertz CT molecular complexity index is 749. The molecule has 1 fully saturated rings. The first-order valence-electron chi connectivity index (χ1n) is 8.21. The van der Waals surface area contributed by atoms with Crippen LogP contribution < -0.4 is 10.2 Å². The molecule has 6 heteroatoms. The zero-order chi connectivity index (χ0) is 18.2. The van der Waals surface area contributed by atoms with Gasteiger partial charge in [-0.1, -0.05) is 30.3 Å².